The molecule has 1 aromatic carbocycles. The molecular weight excluding hydrogens is 442 g/mol. The number of carbonyl (C=O) groups excluding carboxylic acids is 1. The Morgan fingerprint density at radius 1 is 0.969 bits per heavy atom. The van der Waals surface area contributed by atoms with Crippen LogP contribution in [0.5, 0.6) is 0 Å². The van der Waals surface area contributed by atoms with Crippen LogP contribution in [0.25, 0.3) is 6.08 Å². The van der Waals surface area contributed by atoms with Gasteiger partial charge in [0.2, 0.25) is 15.9 Å². The van der Waals surface area contributed by atoms with Crippen molar-refractivity contribution in [3.63, 3.8) is 0 Å². The molecule has 1 aromatic heterocycles. The third-order valence-corrected chi connectivity index (χ3v) is 8.83. The van der Waals surface area contributed by atoms with Crippen LogP contribution >= 0.6 is 11.3 Å². The molecule has 32 heavy (non-hydrogen) atoms. The van der Waals surface area contributed by atoms with Crippen LogP contribution < -0.4 is 0 Å². The van der Waals surface area contributed by atoms with Gasteiger partial charge in [0.25, 0.3) is 0 Å². The zero-order valence-electron chi connectivity index (χ0n) is 18.3. The van der Waals surface area contributed by atoms with Gasteiger partial charge in [-0.25, -0.2) is 8.42 Å². The van der Waals surface area contributed by atoms with Crippen molar-refractivity contribution in [2.24, 2.45) is 5.92 Å². The van der Waals surface area contributed by atoms with Gasteiger partial charge in [0.05, 0.1) is 0 Å². The summed E-state index contributed by atoms with van der Waals surface area (Å²) in [5.41, 5.74) is 0.857. The maximum atomic E-state index is 13.0. The molecule has 0 aliphatic carbocycles. The highest BCUT2D eigenvalue weighted by Gasteiger charge is 2.33. The summed E-state index contributed by atoms with van der Waals surface area (Å²) in [6.07, 6.45) is 3.88. The normalized spacial score (nSPS) is 19.6. The van der Waals surface area contributed by atoms with Crippen molar-refractivity contribution in [3.05, 3.63) is 63.7 Å². The summed E-state index contributed by atoms with van der Waals surface area (Å²) in [5.74, 6) is 0.122. The van der Waals surface area contributed by atoms with E-state index in [2.05, 4.69) is 22.4 Å². The van der Waals surface area contributed by atoms with Crippen molar-refractivity contribution in [3.8, 4) is 0 Å². The van der Waals surface area contributed by atoms with Gasteiger partial charge in [-0.15, -0.1) is 11.3 Å². The molecular formula is C24H31N3O3S2. The summed E-state index contributed by atoms with van der Waals surface area (Å²) in [6, 6.07) is 13.7. The summed E-state index contributed by atoms with van der Waals surface area (Å²) in [5, 5.41) is 3.39. The SMILES string of the molecule is O=C(C1CCN(S(=O)(=O)/C=C/c2ccccc2)CC1)N1CCN(CCc2cccs2)CC1. The number of hydrogen-bond acceptors (Lipinski definition) is 5. The Labute approximate surface area is 195 Å². The van der Waals surface area contributed by atoms with Crippen LogP contribution in [0.3, 0.4) is 0 Å². The minimum Gasteiger partial charge on any atom is -0.340 e. The molecule has 0 radical (unpaired) electrons. The van der Waals surface area contributed by atoms with E-state index in [-0.39, 0.29) is 11.8 Å². The molecule has 6 nitrogen and oxygen atoms in total. The van der Waals surface area contributed by atoms with Crippen molar-refractivity contribution in [1.82, 2.24) is 14.1 Å². The molecule has 2 fully saturated rings. The zero-order valence-corrected chi connectivity index (χ0v) is 19.9. The van der Waals surface area contributed by atoms with Gasteiger partial charge in [-0.3, -0.25) is 9.69 Å². The van der Waals surface area contributed by atoms with Gasteiger partial charge in [-0.2, -0.15) is 4.31 Å². The number of carbonyl (C=O) groups is 1. The van der Waals surface area contributed by atoms with E-state index in [0.717, 1.165) is 44.7 Å². The van der Waals surface area contributed by atoms with E-state index >= 15 is 0 Å². The molecule has 2 aliphatic rings. The average Bonchev–Trinajstić information content (AvgIpc) is 3.36. The fraction of sp³-hybridized carbons (Fsp3) is 0.458. The monoisotopic (exact) mass is 473 g/mol. The van der Waals surface area contributed by atoms with Gasteiger partial charge in [-0.1, -0.05) is 36.4 Å². The standard InChI is InChI=1S/C24H31N3O3S2/c28-24(26-17-15-25(16-18-26)12-10-23-7-4-19-31-23)22-8-13-27(14-9-22)32(29,30)20-11-21-5-2-1-3-6-21/h1-7,11,19-20,22H,8-10,12-18H2/b20-11+. The number of piperidine rings is 1. The molecule has 0 saturated carbocycles. The first-order valence-corrected chi connectivity index (χ1v) is 13.7. The molecule has 0 atom stereocenters. The van der Waals surface area contributed by atoms with E-state index < -0.39 is 10.0 Å². The minimum atomic E-state index is -3.47. The lowest BCUT2D eigenvalue weighted by atomic mass is 9.96. The van der Waals surface area contributed by atoms with Crippen molar-refractivity contribution < 1.29 is 13.2 Å². The van der Waals surface area contributed by atoms with E-state index in [9.17, 15) is 13.2 Å². The smallest absolute Gasteiger partial charge is 0.236 e. The van der Waals surface area contributed by atoms with E-state index in [4.69, 9.17) is 0 Å². The molecule has 0 unspecified atom stereocenters. The van der Waals surface area contributed by atoms with Crippen molar-refractivity contribution >= 4 is 33.3 Å². The molecule has 2 aliphatic heterocycles. The maximum absolute atomic E-state index is 13.0. The fourth-order valence-corrected chi connectivity index (χ4v) is 6.26. The van der Waals surface area contributed by atoms with E-state index in [1.54, 1.807) is 17.4 Å². The highest BCUT2D eigenvalue weighted by atomic mass is 32.2. The second-order valence-electron chi connectivity index (χ2n) is 8.43. The Kier molecular flexibility index (Phi) is 7.78. The highest BCUT2D eigenvalue weighted by Crippen LogP contribution is 2.23. The molecule has 2 saturated heterocycles. The Balaban J connectivity index is 1.22. The Morgan fingerprint density at radius 3 is 2.34 bits per heavy atom. The molecule has 0 N–H and O–H groups in total. The van der Waals surface area contributed by atoms with Gasteiger partial charge in [0, 0.05) is 62.0 Å². The summed E-state index contributed by atoms with van der Waals surface area (Å²) in [7, 11) is -3.47. The summed E-state index contributed by atoms with van der Waals surface area (Å²) < 4.78 is 26.8. The average molecular weight is 474 g/mol. The van der Waals surface area contributed by atoms with Crippen LogP contribution in [0, 0.1) is 5.92 Å². The van der Waals surface area contributed by atoms with Crippen LogP contribution in [0.2, 0.25) is 0 Å². The van der Waals surface area contributed by atoms with E-state index in [0.29, 0.717) is 25.9 Å². The van der Waals surface area contributed by atoms with Crippen molar-refractivity contribution in [2.75, 3.05) is 45.8 Å². The molecule has 4 rings (SSSR count). The lowest BCUT2D eigenvalue weighted by Gasteiger charge is -2.38. The number of amides is 1. The topological polar surface area (TPSA) is 60.9 Å². The molecule has 0 spiro atoms. The molecule has 3 heterocycles. The van der Waals surface area contributed by atoms with Crippen LogP contribution in [0.4, 0.5) is 0 Å². The van der Waals surface area contributed by atoms with Gasteiger partial charge < -0.3 is 4.90 Å². The number of piperazine rings is 1. The molecule has 0 bridgehead atoms. The summed E-state index contributed by atoms with van der Waals surface area (Å²) >= 11 is 1.80. The Morgan fingerprint density at radius 2 is 1.69 bits per heavy atom. The van der Waals surface area contributed by atoms with Crippen LogP contribution in [0.1, 0.15) is 23.3 Å². The first kappa shape index (κ1) is 23.2. The van der Waals surface area contributed by atoms with Crippen LogP contribution in [0.15, 0.2) is 53.3 Å². The number of rotatable bonds is 7. The second kappa shape index (κ2) is 10.7. The third kappa shape index (κ3) is 6.07. The maximum Gasteiger partial charge on any atom is 0.236 e. The second-order valence-corrected chi connectivity index (χ2v) is 11.3. The number of sulfonamides is 1. The van der Waals surface area contributed by atoms with Gasteiger partial charge in [0.1, 0.15) is 0 Å². The Bertz CT molecular complexity index is 990. The number of nitrogens with zero attached hydrogens (tertiary/aromatic N) is 3. The summed E-state index contributed by atoms with van der Waals surface area (Å²) in [6.45, 7) is 5.19. The number of hydrogen-bond donors (Lipinski definition) is 0. The van der Waals surface area contributed by atoms with Crippen molar-refractivity contribution in [2.45, 2.75) is 19.3 Å². The number of benzene rings is 1. The molecule has 8 heteroatoms. The lowest BCUT2D eigenvalue weighted by Crippen LogP contribution is -2.52. The van der Waals surface area contributed by atoms with E-state index in [1.165, 1.54) is 14.6 Å². The van der Waals surface area contributed by atoms with Crippen molar-refractivity contribution in [1.29, 1.82) is 0 Å². The molecule has 2 aromatic rings. The molecule has 1 amide bonds. The Hall–Kier alpha value is -2.00. The van der Waals surface area contributed by atoms with Gasteiger partial charge >= 0.3 is 0 Å². The van der Waals surface area contributed by atoms with Crippen LogP contribution in [-0.4, -0.2) is 74.2 Å². The minimum absolute atomic E-state index is 0.0720. The lowest BCUT2D eigenvalue weighted by molar-refractivity contribution is -0.138. The highest BCUT2D eigenvalue weighted by molar-refractivity contribution is 7.92. The van der Waals surface area contributed by atoms with Gasteiger partial charge in [-0.05, 0) is 42.3 Å². The third-order valence-electron chi connectivity index (χ3n) is 6.33. The number of thiophene rings is 1. The fourth-order valence-electron chi connectivity index (χ4n) is 4.35. The zero-order chi connectivity index (χ0) is 22.4. The van der Waals surface area contributed by atoms with Crippen LogP contribution in [-0.2, 0) is 21.2 Å². The van der Waals surface area contributed by atoms with E-state index in [1.807, 2.05) is 35.2 Å². The quantitative estimate of drug-likeness (QED) is 0.620. The first-order valence-electron chi connectivity index (χ1n) is 11.3. The molecule has 172 valence electrons. The largest absolute Gasteiger partial charge is 0.340 e. The first-order chi connectivity index (χ1) is 15.5. The summed E-state index contributed by atoms with van der Waals surface area (Å²) in [4.78, 5) is 18.8. The predicted molar refractivity (Wildman–Crippen MR) is 130 cm³/mol. The van der Waals surface area contributed by atoms with Gasteiger partial charge in [0.15, 0.2) is 0 Å². The predicted octanol–water partition coefficient (Wildman–Crippen LogP) is 3.15.